The zero-order valence-electron chi connectivity index (χ0n) is 12.5. The molecule has 0 spiro atoms. The van der Waals surface area contributed by atoms with Gasteiger partial charge in [0.1, 0.15) is 0 Å². The van der Waals surface area contributed by atoms with Crippen LogP contribution in [-0.2, 0) is 4.74 Å². The highest BCUT2D eigenvalue weighted by atomic mass is 16.5. The minimum absolute atomic E-state index is 0.0618. The SMILES string of the molecule is COCCN(c1cc(C(=O)O)nc2ccccc12)C(C)C. The molecule has 0 aliphatic carbocycles. The number of hydrogen-bond donors (Lipinski definition) is 1. The molecular weight excluding hydrogens is 268 g/mol. The molecule has 5 heteroatoms. The van der Waals surface area contributed by atoms with Crippen molar-refractivity contribution >= 4 is 22.6 Å². The average Bonchev–Trinajstić information content (AvgIpc) is 2.46. The number of pyridine rings is 1. The van der Waals surface area contributed by atoms with Crippen LogP contribution in [0.5, 0.6) is 0 Å². The first-order chi connectivity index (χ1) is 10.0. The van der Waals surface area contributed by atoms with E-state index in [9.17, 15) is 9.90 Å². The largest absolute Gasteiger partial charge is 0.477 e. The van der Waals surface area contributed by atoms with Crippen molar-refractivity contribution in [3.63, 3.8) is 0 Å². The highest BCUT2D eigenvalue weighted by molar-refractivity contribution is 5.97. The summed E-state index contributed by atoms with van der Waals surface area (Å²) in [6.45, 7) is 5.43. The van der Waals surface area contributed by atoms with E-state index in [1.807, 2.05) is 24.3 Å². The Kier molecular flexibility index (Phi) is 4.75. The third-order valence-electron chi connectivity index (χ3n) is 3.38. The topological polar surface area (TPSA) is 62.7 Å². The van der Waals surface area contributed by atoms with Crippen LogP contribution in [0.3, 0.4) is 0 Å². The van der Waals surface area contributed by atoms with Gasteiger partial charge in [0.25, 0.3) is 0 Å². The number of carbonyl (C=O) groups is 1. The molecular formula is C16H20N2O3. The minimum atomic E-state index is -1.02. The second-order valence-corrected chi connectivity index (χ2v) is 5.13. The van der Waals surface area contributed by atoms with Crippen molar-refractivity contribution in [1.82, 2.24) is 4.98 Å². The van der Waals surface area contributed by atoms with E-state index < -0.39 is 5.97 Å². The van der Waals surface area contributed by atoms with Gasteiger partial charge in [0, 0.05) is 30.8 Å². The van der Waals surface area contributed by atoms with Gasteiger partial charge in [-0.15, -0.1) is 0 Å². The van der Waals surface area contributed by atoms with Gasteiger partial charge in [-0.05, 0) is 26.0 Å². The lowest BCUT2D eigenvalue weighted by Crippen LogP contribution is -2.34. The van der Waals surface area contributed by atoms with Crippen molar-refractivity contribution in [2.75, 3.05) is 25.2 Å². The molecule has 1 aromatic carbocycles. The number of aromatic nitrogens is 1. The minimum Gasteiger partial charge on any atom is -0.477 e. The van der Waals surface area contributed by atoms with Crippen molar-refractivity contribution < 1.29 is 14.6 Å². The number of anilines is 1. The van der Waals surface area contributed by atoms with E-state index >= 15 is 0 Å². The Morgan fingerprint density at radius 1 is 1.38 bits per heavy atom. The van der Waals surface area contributed by atoms with Crippen LogP contribution in [-0.4, -0.2) is 42.4 Å². The first-order valence-corrected chi connectivity index (χ1v) is 6.93. The van der Waals surface area contributed by atoms with Crippen molar-refractivity contribution in [2.24, 2.45) is 0 Å². The normalized spacial score (nSPS) is 11.0. The Balaban J connectivity index is 2.60. The maximum Gasteiger partial charge on any atom is 0.354 e. The monoisotopic (exact) mass is 288 g/mol. The Labute approximate surface area is 124 Å². The Morgan fingerprint density at radius 2 is 2.10 bits per heavy atom. The summed E-state index contributed by atoms with van der Waals surface area (Å²) < 4.78 is 5.16. The third kappa shape index (κ3) is 3.31. The second-order valence-electron chi connectivity index (χ2n) is 5.13. The lowest BCUT2D eigenvalue weighted by atomic mass is 10.1. The van der Waals surface area contributed by atoms with Gasteiger partial charge in [-0.2, -0.15) is 0 Å². The van der Waals surface area contributed by atoms with Gasteiger partial charge >= 0.3 is 5.97 Å². The molecule has 2 rings (SSSR count). The van der Waals surface area contributed by atoms with E-state index in [2.05, 4.69) is 23.7 Å². The van der Waals surface area contributed by atoms with Gasteiger partial charge in [0.2, 0.25) is 0 Å². The summed E-state index contributed by atoms with van der Waals surface area (Å²) >= 11 is 0. The van der Waals surface area contributed by atoms with E-state index in [0.717, 1.165) is 11.1 Å². The standard InChI is InChI=1S/C16H20N2O3/c1-11(2)18(8-9-21-3)15-10-14(16(19)20)17-13-7-5-4-6-12(13)15/h4-7,10-11H,8-9H2,1-3H3,(H,19,20). The number of rotatable bonds is 6. The smallest absolute Gasteiger partial charge is 0.354 e. The quantitative estimate of drug-likeness (QED) is 0.885. The molecule has 0 atom stereocenters. The third-order valence-corrected chi connectivity index (χ3v) is 3.38. The number of ether oxygens (including phenoxy) is 1. The van der Waals surface area contributed by atoms with Crippen LogP contribution in [0.25, 0.3) is 10.9 Å². The molecule has 21 heavy (non-hydrogen) atoms. The second kappa shape index (κ2) is 6.54. The number of hydrogen-bond acceptors (Lipinski definition) is 4. The molecule has 1 N–H and O–H groups in total. The summed E-state index contributed by atoms with van der Waals surface area (Å²) in [5.41, 5.74) is 1.63. The van der Waals surface area contributed by atoms with Gasteiger partial charge in [-0.25, -0.2) is 9.78 Å². The molecule has 2 aromatic rings. The van der Waals surface area contributed by atoms with E-state index in [1.54, 1.807) is 13.2 Å². The predicted molar refractivity (Wildman–Crippen MR) is 83.1 cm³/mol. The number of benzene rings is 1. The molecule has 0 amide bonds. The fraction of sp³-hybridized carbons (Fsp3) is 0.375. The van der Waals surface area contributed by atoms with Crippen LogP contribution in [0.15, 0.2) is 30.3 Å². The number of carboxylic acids is 1. The summed E-state index contributed by atoms with van der Waals surface area (Å²) in [7, 11) is 1.66. The molecule has 1 heterocycles. The molecule has 1 aromatic heterocycles. The maximum atomic E-state index is 11.3. The molecule has 0 unspecified atom stereocenters. The Hall–Kier alpha value is -2.14. The van der Waals surface area contributed by atoms with Crippen LogP contribution >= 0.6 is 0 Å². The maximum absolute atomic E-state index is 11.3. The average molecular weight is 288 g/mol. The summed E-state index contributed by atoms with van der Waals surface area (Å²) in [6.07, 6.45) is 0. The molecule has 0 aliphatic rings. The molecule has 5 nitrogen and oxygen atoms in total. The molecule has 112 valence electrons. The molecule has 0 fully saturated rings. The van der Waals surface area contributed by atoms with E-state index in [-0.39, 0.29) is 11.7 Å². The van der Waals surface area contributed by atoms with Crippen molar-refractivity contribution in [3.8, 4) is 0 Å². The van der Waals surface area contributed by atoms with Crippen LogP contribution in [0.4, 0.5) is 5.69 Å². The van der Waals surface area contributed by atoms with Crippen LogP contribution in [0.2, 0.25) is 0 Å². The molecule has 0 saturated heterocycles. The van der Waals surface area contributed by atoms with Crippen molar-refractivity contribution in [1.29, 1.82) is 0 Å². The number of nitrogens with zero attached hydrogens (tertiary/aromatic N) is 2. The van der Waals surface area contributed by atoms with E-state index in [0.29, 0.717) is 18.7 Å². The van der Waals surface area contributed by atoms with Crippen LogP contribution in [0, 0.1) is 0 Å². The fourth-order valence-corrected chi connectivity index (χ4v) is 2.35. The van der Waals surface area contributed by atoms with Gasteiger partial charge in [-0.3, -0.25) is 0 Å². The number of fused-ring (bicyclic) bond motifs is 1. The number of para-hydroxylation sites is 1. The summed E-state index contributed by atoms with van der Waals surface area (Å²) in [5.74, 6) is -1.02. The van der Waals surface area contributed by atoms with Crippen molar-refractivity contribution in [3.05, 3.63) is 36.0 Å². The summed E-state index contributed by atoms with van der Waals surface area (Å²) in [5, 5.41) is 10.2. The molecule has 0 radical (unpaired) electrons. The summed E-state index contributed by atoms with van der Waals surface area (Å²) in [4.78, 5) is 17.6. The molecule has 0 aliphatic heterocycles. The zero-order valence-corrected chi connectivity index (χ0v) is 12.5. The van der Waals surface area contributed by atoms with Gasteiger partial charge in [0.05, 0.1) is 12.1 Å². The Bertz CT molecular complexity index is 640. The fourth-order valence-electron chi connectivity index (χ4n) is 2.35. The Morgan fingerprint density at radius 3 is 2.71 bits per heavy atom. The first-order valence-electron chi connectivity index (χ1n) is 6.93. The molecule has 0 bridgehead atoms. The number of carboxylic acid groups (broad SMARTS) is 1. The highest BCUT2D eigenvalue weighted by Gasteiger charge is 2.17. The van der Waals surface area contributed by atoms with Gasteiger partial charge < -0.3 is 14.7 Å². The first kappa shape index (κ1) is 15.3. The predicted octanol–water partition coefficient (Wildman–Crippen LogP) is 2.79. The van der Waals surface area contributed by atoms with Gasteiger partial charge in [0.15, 0.2) is 5.69 Å². The lowest BCUT2D eigenvalue weighted by molar-refractivity contribution is 0.0691. The lowest BCUT2D eigenvalue weighted by Gasteiger charge is -2.30. The van der Waals surface area contributed by atoms with E-state index in [4.69, 9.17) is 4.74 Å². The van der Waals surface area contributed by atoms with Crippen LogP contribution < -0.4 is 4.90 Å². The van der Waals surface area contributed by atoms with Crippen LogP contribution in [0.1, 0.15) is 24.3 Å². The molecule has 0 saturated carbocycles. The van der Waals surface area contributed by atoms with E-state index in [1.165, 1.54) is 0 Å². The number of methoxy groups -OCH3 is 1. The highest BCUT2D eigenvalue weighted by Crippen LogP contribution is 2.28. The van der Waals surface area contributed by atoms with Gasteiger partial charge in [-0.1, -0.05) is 18.2 Å². The van der Waals surface area contributed by atoms with Crippen molar-refractivity contribution in [2.45, 2.75) is 19.9 Å². The number of aromatic carboxylic acids is 1. The zero-order chi connectivity index (χ0) is 15.4. The summed E-state index contributed by atoms with van der Waals surface area (Å²) in [6, 6.07) is 9.46.